The highest BCUT2D eigenvalue weighted by Crippen LogP contribution is 2.36. The molecule has 2 aromatic heterocycles. The average molecular weight is 479 g/mol. The van der Waals surface area contributed by atoms with Crippen molar-refractivity contribution in [1.29, 1.82) is 0 Å². The number of anilines is 1. The highest BCUT2D eigenvalue weighted by atomic mass is 32.1. The van der Waals surface area contributed by atoms with Crippen LogP contribution in [0.3, 0.4) is 0 Å². The minimum absolute atomic E-state index is 0.137. The van der Waals surface area contributed by atoms with Crippen molar-refractivity contribution < 1.29 is 14.3 Å². The van der Waals surface area contributed by atoms with E-state index in [0.29, 0.717) is 17.1 Å². The number of benzene rings is 1. The summed E-state index contributed by atoms with van der Waals surface area (Å²) in [5.74, 6) is 0.329. The minimum Gasteiger partial charge on any atom is -0.497 e. The fourth-order valence-corrected chi connectivity index (χ4v) is 5.71. The molecule has 3 aromatic rings. The number of ether oxygens (including phenoxy) is 1. The van der Waals surface area contributed by atoms with E-state index < -0.39 is 5.54 Å². The van der Waals surface area contributed by atoms with Crippen molar-refractivity contribution in [1.82, 2.24) is 15.1 Å². The number of rotatable bonds is 5. The molecule has 7 nitrogen and oxygen atoms in total. The number of hydrogen-bond acceptors (Lipinski definition) is 5. The van der Waals surface area contributed by atoms with Crippen molar-refractivity contribution in [3.05, 3.63) is 53.5 Å². The number of amides is 2. The minimum atomic E-state index is -1.12. The van der Waals surface area contributed by atoms with E-state index in [-0.39, 0.29) is 24.4 Å². The van der Waals surface area contributed by atoms with Crippen LogP contribution in [0.2, 0.25) is 0 Å². The standard InChI is InChI=1S/C26H30N4O3S/c1-26(25(32)27-18-8-5-3-4-6-9-18)17-29-22(16-21(28-29)23-10-7-15-34-23)24(31)30(26)19-11-13-20(33-2)14-12-19/h7,10-16,18H,3-6,8-9,17H2,1-2H3,(H,27,32). The van der Waals surface area contributed by atoms with E-state index in [9.17, 15) is 9.59 Å². The first kappa shape index (κ1) is 22.7. The molecule has 1 aromatic carbocycles. The number of fused-ring (bicyclic) bond motifs is 1. The Kier molecular flexibility index (Phi) is 6.16. The summed E-state index contributed by atoms with van der Waals surface area (Å²) in [7, 11) is 1.61. The van der Waals surface area contributed by atoms with Gasteiger partial charge in [0.05, 0.1) is 18.5 Å². The van der Waals surface area contributed by atoms with E-state index in [0.717, 1.165) is 36.3 Å². The van der Waals surface area contributed by atoms with Crippen molar-refractivity contribution in [2.45, 2.75) is 63.6 Å². The summed E-state index contributed by atoms with van der Waals surface area (Å²) < 4.78 is 7.00. The number of carbonyl (C=O) groups is 2. The lowest BCUT2D eigenvalue weighted by atomic mass is 9.93. The van der Waals surface area contributed by atoms with E-state index in [4.69, 9.17) is 9.84 Å². The topological polar surface area (TPSA) is 76.5 Å². The van der Waals surface area contributed by atoms with Crippen LogP contribution in [0.4, 0.5) is 5.69 Å². The molecule has 178 valence electrons. The Hall–Kier alpha value is -3.13. The van der Waals surface area contributed by atoms with E-state index >= 15 is 0 Å². The van der Waals surface area contributed by atoms with E-state index in [1.165, 1.54) is 12.8 Å². The molecular formula is C26H30N4O3S. The number of aromatic nitrogens is 2. The number of thiophene rings is 1. The van der Waals surface area contributed by atoms with Crippen LogP contribution < -0.4 is 15.0 Å². The van der Waals surface area contributed by atoms with Gasteiger partial charge in [-0.1, -0.05) is 31.7 Å². The molecule has 1 aliphatic heterocycles. The Labute approximate surface area is 203 Å². The van der Waals surface area contributed by atoms with Gasteiger partial charge < -0.3 is 10.1 Å². The largest absolute Gasteiger partial charge is 0.497 e. The Balaban J connectivity index is 1.53. The summed E-state index contributed by atoms with van der Waals surface area (Å²) in [6, 6.07) is 13.2. The fourth-order valence-electron chi connectivity index (χ4n) is 5.03. The maximum atomic E-state index is 13.9. The molecule has 1 aliphatic carbocycles. The Morgan fingerprint density at radius 2 is 1.88 bits per heavy atom. The van der Waals surface area contributed by atoms with Crippen LogP contribution in [0, 0.1) is 0 Å². The molecule has 8 heteroatoms. The third-order valence-electron chi connectivity index (χ3n) is 6.94. The first-order chi connectivity index (χ1) is 16.5. The quantitative estimate of drug-likeness (QED) is 0.531. The predicted molar refractivity (Wildman–Crippen MR) is 133 cm³/mol. The molecule has 1 unspecified atom stereocenters. The Bertz CT molecular complexity index is 1160. The molecule has 2 aliphatic rings. The summed E-state index contributed by atoms with van der Waals surface area (Å²) in [4.78, 5) is 30.3. The number of methoxy groups -OCH3 is 1. The lowest BCUT2D eigenvalue weighted by Gasteiger charge is -2.43. The molecule has 1 atom stereocenters. The maximum Gasteiger partial charge on any atom is 0.277 e. The molecule has 1 N–H and O–H groups in total. The lowest BCUT2D eigenvalue weighted by Crippen LogP contribution is -2.65. The highest BCUT2D eigenvalue weighted by Gasteiger charge is 2.49. The predicted octanol–water partition coefficient (Wildman–Crippen LogP) is 4.88. The third kappa shape index (κ3) is 4.11. The SMILES string of the molecule is COc1ccc(N2C(=O)c3cc(-c4cccs4)nn3CC2(C)C(=O)NC2CCCCCC2)cc1. The van der Waals surface area contributed by atoms with Gasteiger partial charge in [0.25, 0.3) is 5.91 Å². The van der Waals surface area contributed by atoms with E-state index in [1.807, 2.05) is 54.8 Å². The molecular weight excluding hydrogens is 448 g/mol. The van der Waals surface area contributed by atoms with Crippen LogP contribution in [0.5, 0.6) is 5.75 Å². The number of nitrogens with zero attached hydrogens (tertiary/aromatic N) is 3. The monoisotopic (exact) mass is 478 g/mol. The van der Waals surface area contributed by atoms with Gasteiger partial charge in [0.2, 0.25) is 5.91 Å². The number of carbonyl (C=O) groups excluding carboxylic acids is 2. The first-order valence-corrected chi connectivity index (χ1v) is 12.8. The van der Waals surface area contributed by atoms with Crippen LogP contribution in [-0.4, -0.2) is 40.3 Å². The van der Waals surface area contributed by atoms with Crippen LogP contribution >= 0.6 is 11.3 Å². The van der Waals surface area contributed by atoms with Gasteiger partial charge in [-0.05, 0) is 61.5 Å². The molecule has 2 amide bonds. The average Bonchev–Trinajstić information content (AvgIpc) is 3.45. The Morgan fingerprint density at radius 3 is 2.53 bits per heavy atom. The second-order valence-electron chi connectivity index (χ2n) is 9.32. The number of nitrogens with one attached hydrogen (secondary N) is 1. The molecule has 5 rings (SSSR count). The smallest absolute Gasteiger partial charge is 0.277 e. The maximum absolute atomic E-state index is 13.9. The highest BCUT2D eigenvalue weighted by molar-refractivity contribution is 7.13. The molecule has 0 spiro atoms. The third-order valence-corrected chi connectivity index (χ3v) is 7.83. The number of hydrogen-bond donors (Lipinski definition) is 1. The van der Waals surface area contributed by atoms with Gasteiger partial charge in [0.15, 0.2) is 0 Å². The van der Waals surface area contributed by atoms with Gasteiger partial charge in [0, 0.05) is 11.7 Å². The van der Waals surface area contributed by atoms with Crippen molar-refractivity contribution in [3.8, 4) is 16.3 Å². The Morgan fingerprint density at radius 1 is 1.15 bits per heavy atom. The van der Waals surface area contributed by atoms with Crippen LogP contribution in [0.15, 0.2) is 47.8 Å². The van der Waals surface area contributed by atoms with Gasteiger partial charge in [0.1, 0.15) is 22.7 Å². The summed E-state index contributed by atoms with van der Waals surface area (Å²) in [5, 5.41) is 9.99. The van der Waals surface area contributed by atoms with Crippen LogP contribution in [-0.2, 0) is 11.3 Å². The zero-order valence-electron chi connectivity index (χ0n) is 19.6. The lowest BCUT2D eigenvalue weighted by molar-refractivity contribution is -0.127. The second-order valence-corrected chi connectivity index (χ2v) is 10.3. The van der Waals surface area contributed by atoms with Gasteiger partial charge in [-0.3, -0.25) is 19.2 Å². The van der Waals surface area contributed by atoms with Crippen molar-refractivity contribution in [2.24, 2.45) is 0 Å². The van der Waals surface area contributed by atoms with Gasteiger partial charge in [-0.25, -0.2) is 0 Å². The van der Waals surface area contributed by atoms with Gasteiger partial charge in [-0.2, -0.15) is 5.10 Å². The molecule has 3 heterocycles. The van der Waals surface area contributed by atoms with Crippen LogP contribution in [0.1, 0.15) is 55.9 Å². The normalized spacial score (nSPS) is 21.1. The van der Waals surface area contributed by atoms with Gasteiger partial charge >= 0.3 is 0 Å². The summed E-state index contributed by atoms with van der Waals surface area (Å²) in [6.45, 7) is 2.13. The molecule has 1 fully saturated rings. The zero-order chi connectivity index (χ0) is 23.7. The molecule has 1 saturated carbocycles. The first-order valence-electron chi connectivity index (χ1n) is 11.9. The van der Waals surface area contributed by atoms with Crippen LogP contribution in [0.25, 0.3) is 10.6 Å². The molecule has 0 saturated heterocycles. The summed E-state index contributed by atoms with van der Waals surface area (Å²) in [5.41, 5.74) is 0.777. The van der Waals surface area contributed by atoms with Crippen molar-refractivity contribution >= 4 is 28.8 Å². The second kappa shape index (κ2) is 9.25. The fraction of sp³-hybridized carbons (Fsp3) is 0.423. The van der Waals surface area contributed by atoms with E-state index in [2.05, 4.69) is 5.32 Å². The summed E-state index contributed by atoms with van der Waals surface area (Å²) >= 11 is 1.58. The molecule has 34 heavy (non-hydrogen) atoms. The van der Waals surface area contributed by atoms with Crippen molar-refractivity contribution in [2.75, 3.05) is 12.0 Å². The van der Waals surface area contributed by atoms with E-state index in [1.54, 1.807) is 28.0 Å². The molecule has 0 radical (unpaired) electrons. The van der Waals surface area contributed by atoms with Gasteiger partial charge in [-0.15, -0.1) is 11.3 Å². The zero-order valence-corrected chi connectivity index (χ0v) is 20.4. The summed E-state index contributed by atoms with van der Waals surface area (Å²) in [6.07, 6.45) is 6.62. The molecule has 0 bridgehead atoms. The van der Waals surface area contributed by atoms with Crippen molar-refractivity contribution in [3.63, 3.8) is 0 Å².